The van der Waals surface area contributed by atoms with Crippen LogP contribution in [0.25, 0.3) is 5.69 Å². The summed E-state index contributed by atoms with van der Waals surface area (Å²) in [6.07, 6.45) is 3.82. The van der Waals surface area contributed by atoms with Crippen molar-refractivity contribution in [2.24, 2.45) is 0 Å². The maximum absolute atomic E-state index is 5.43. The van der Waals surface area contributed by atoms with E-state index in [1.165, 1.54) is 19.3 Å². The summed E-state index contributed by atoms with van der Waals surface area (Å²) in [6, 6.07) is 10.5. The van der Waals surface area contributed by atoms with Crippen LogP contribution >= 0.6 is 11.8 Å². The summed E-state index contributed by atoms with van der Waals surface area (Å²) in [5.41, 5.74) is 0.921. The summed E-state index contributed by atoms with van der Waals surface area (Å²) < 4.78 is 7.61. The second-order valence-electron chi connectivity index (χ2n) is 8.84. The van der Waals surface area contributed by atoms with E-state index in [0.29, 0.717) is 17.5 Å². The predicted octanol–water partition coefficient (Wildman–Crippen LogP) is 4.79. The molecule has 160 valence electrons. The summed E-state index contributed by atoms with van der Waals surface area (Å²) in [7, 11) is 0. The number of benzene rings is 1. The third-order valence-electron chi connectivity index (χ3n) is 5.42. The van der Waals surface area contributed by atoms with Crippen molar-refractivity contribution in [3.05, 3.63) is 47.9 Å². The van der Waals surface area contributed by atoms with Crippen molar-refractivity contribution in [1.82, 2.24) is 29.8 Å². The zero-order chi connectivity index (χ0) is 21.1. The maximum atomic E-state index is 5.43. The number of hydrogen-bond acceptors (Lipinski definition) is 7. The summed E-state index contributed by atoms with van der Waals surface area (Å²) in [4.78, 5) is 7.06. The second kappa shape index (κ2) is 8.89. The van der Waals surface area contributed by atoms with Crippen molar-refractivity contribution in [2.75, 3.05) is 13.1 Å². The fourth-order valence-corrected chi connectivity index (χ4v) is 4.48. The van der Waals surface area contributed by atoms with E-state index in [2.05, 4.69) is 69.6 Å². The summed E-state index contributed by atoms with van der Waals surface area (Å²) >= 11 is 1.59. The number of nitrogens with zero attached hydrogens (tertiary/aromatic N) is 6. The molecule has 1 fully saturated rings. The van der Waals surface area contributed by atoms with Gasteiger partial charge in [0.15, 0.2) is 16.8 Å². The van der Waals surface area contributed by atoms with Gasteiger partial charge in [-0.2, -0.15) is 4.98 Å². The van der Waals surface area contributed by atoms with Crippen molar-refractivity contribution >= 4 is 11.8 Å². The molecule has 1 saturated heterocycles. The SMILES string of the molecule is CC(c1nnc(SCc2noc(C(C)(C)C)n2)n1-c1ccccc1)N1CCCCC1. The van der Waals surface area contributed by atoms with Gasteiger partial charge >= 0.3 is 0 Å². The van der Waals surface area contributed by atoms with Crippen molar-refractivity contribution < 1.29 is 4.52 Å². The Balaban J connectivity index is 1.60. The molecule has 0 amide bonds. The van der Waals surface area contributed by atoms with Crippen LogP contribution in [0.15, 0.2) is 40.0 Å². The van der Waals surface area contributed by atoms with Crippen molar-refractivity contribution in [3.63, 3.8) is 0 Å². The third-order valence-corrected chi connectivity index (χ3v) is 6.35. The van der Waals surface area contributed by atoms with Crippen LogP contribution in [-0.2, 0) is 11.2 Å². The van der Waals surface area contributed by atoms with Gasteiger partial charge in [0.05, 0.1) is 11.8 Å². The Bertz CT molecular complexity index is 956. The van der Waals surface area contributed by atoms with E-state index < -0.39 is 0 Å². The second-order valence-corrected chi connectivity index (χ2v) is 9.78. The van der Waals surface area contributed by atoms with E-state index >= 15 is 0 Å². The summed E-state index contributed by atoms with van der Waals surface area (Å²) in [6.45, 7) is 10.7. The van der Waals surface area contributed by atoms with Crippen LogP contribution in [0.3, 0.4) is 0 Å². The lowest BCUT2D eigenvalue weighted by atomic mass is 9.97. The van der Waals surface area contributed by atoms with Gasteiger partial charge in [0.1, 0.15) is 0 Å². The molecule has 1 aliphatic heterocycles. The minimum absolute atomic E-state index is 0.156. The lowest BCUT2D eigenvalue weighted by Crippen LogP contribution is -2.33. The molecule has 30 heavy (non-hydrogen) atoms. The lowest BCUT2D eigenvalue weighted by molar-refractivity contribution is 0.167. The third kappa shape index (κ3) is 4.59. The minimum atomic E-state index is -0.156. The Labute approximate surface area is 182 Å². The van der Waals surface area contributed by atoms with E-state index in [1.807, 2.05) is 18.2 Å². The highest BCUT2D eigenvalue weighted by Crippen LogP contribution is 2.30. The van der Waals surface area contributed by atoms with Gasteiger partial charge in [-0.15, -0.1) is 10.2 Å². The largest absolute Gasteiger partial charge is 0.339 e. The monoisotopic (exact) mass is 426 g/mol. The Hall–Kier alpha value is -2.19. The zero-order valence-corrected chi connectivity index (χ0v) is 19.0. The molecule has 0 bridgehead atoms. The van der Waals surface area contributed by atoms with E-state index in [9.17, 15) is 0 Å². The smallest absolute Gasteiger partial charge is 0.232 e. The molecule has 0 N–H and O–H groups in total. The van der Waals surface area contributed by atoms with Gasteiger partial charge in [0, 0.05) is 11.1 Å². The number of likely N-dealkylation sites (tertiary alicyclic amines) is 1. The Morgan fingerprint density at radius 1 is 1.07 bits per heavy atom. The molecule has 3 aromatic rings. The van der Waals surface area contributed by atoms with Crippen LogP contribution in [0, 0.1) is 0 Å². The van der Waals surface area contributed by atoms with Crippen LogP contribution in [0.1, 0.15) is 70.5 Å². The summed E-state index contributed by atoms with van der Waals surface area (Å²) in [5.74, 6) is 2.90. The predicted molar refractivity (Wildman–Crippen MR) is 118 cm³/mol. The van der Waals surface area contributed by atoms with Crippen molar-refractivity contribution in [3.8, 4) is 5.69 Å². The van der Waals surface area contributed by atoms with Crippen molar-refractivity contribution in [2.45, 2.75) is 69.3 Å². The van der Waals surface area contributed by atoms with Gasteiger partial charge in [-0.05, 0) is 45.0 Å². The van der Waals surface area contributed by atoms with Gasteiger partial charge < -0.3 is 4.52 Å². The molecule has 0 saturated carbocycles. The highest BCUT2D eigenvalue weighted by Gasteiger charge is 2.26. The van der Waals surface area contributed by atoms with Crippen LogP contribution in [-0.4, -0.2) is 42.9 Å². The van der Waals surface area contributed by atoms with Crippen LogP contribution in [0.5, 0.6) is 0 Å². The van der Waals surface area contributed by atoms with E-state index in [4.69, 9.17) is 4.52 Å². The number of rotatable bonds is 6. The first-order valence-corrected chi connectivity index (χ1v) is 11.6. The first-order chi connectivity index (χ1) is 14.4. The first kappa shape index (κ1) is 21.1. The molecule has 8 heteroatoms. The van der Waals surface area contributed by atoms with Gasteiger partial charge in [-0.25, -0.2) is 0 Å². The molecule has 4 rings (SSSR count). The molecule has 3 heterocycles. The van der Waals surface area contributed by atoms with Crippen LogP contribution in [0.4, 0.5) is 0 Å². The average Bonchev–Trinajstić information content (AvgIpc) is 3.40. The fraction of sp³-hybridized carbons (Fsp3) is 0.545. The molecule has 0 aliphatic carbocycles. The van der Waals surface area contributed by atoms with Crippen LogP contribution in [0.2, 0.25) is 0 Å². The van der Waals surface area contributed by atoms with Gasteiger partial charge in [-0.3, -0.25) is 9.47 Å². The highest BCUT2D eigenvalue weighted by atomic mass is 32.2. The molecule has 1 aliphatic rings. The molecular weight excluding hydrogens is 396 g/mol. The number of thioether (sulfide) groups is 1. The number of hydrogen-bond donors (Lipinski definition) is 0. The molecule has 1 atom stereocenters. The van der Waals surface area contributed by atoms with E-state index in [1.54, 1.807) is 11.8 Å². The first-order valence-electron chi connectivity index (χ1n) is 10.6. The Morgan fingerprint density at radius 3 is 2.47 bits per heavy atom. The molecular formula is C22H30N6OS. The van der Waals surface area contributed by atoms with Gasteiger partial charge in [-0.1, -0.05) is 62.3 Å². The van der Waals surface area contributed by atoms with Crippen molar-refractivity contribution in [1.29, 1.82) is 0 Å². The molecule has 2 aromatic heterocycles. The average molecular weight is 427 g/mol. The number of piperidine rings is 1. The molecule has 1 aromatic carbocycles. The summed E-state index contributed by atoms with van der Waals surface area (Å²) in [5, 5.41) is 14.1. The zero-order valence-electron chi connectivity index (χ0n) is 18.2. The van der Waals surface area contributed by atoms with E-state index in [-0.39, 0.29) is 11.5 Å². The molecule has 0 spiro atoms. The van der Waals surface area contributed by atoms with Crippen LogP contribution < -0.4 is 0 Å². The van der Waals surface area contributed by atoms with Gasteiger partial charge in [0.25, 0.3) is 0 Å². The minimum Gasteiger partial charge on any atom is -0.339 e. The topological polar surface area (TPSA) is 72.9 Å². The maximum Gasteiger partial charge on any atom is 0.232 e. The quantitative estimate of drug-likeness (QED) is 0.525. The standard InChI is InChI=1S/C22H30N6OS/c1-16(27-13-9-6-10-14-27)19-24-25-21(28(19)17-11-7-5-8-12-17)30-15-18-23-20(29-26-18)22(2,3)4/h5,7-8,11-12,16H,6,9-10,13-15H2,1-4H3. The molecule has 7 nitrogen and oxygen atoms in total. The van der Waals surface area contributed by atoms with E-state index in [0.717, 1.165) is 29.8 Å². The number of para-hydroxylation sites is 1. The van der Waals surface area contributed by atoms with Gasteiger partial charge in [0.2, 0.25) is 5.89 Å². The molecule has 1 unspecified atom stereocenters. The molecule has 0 radical (unpaired) electrons. The Morgan fingerprint density at radius 2 is 1.80 bits per heavy atom. The number of aromatic nitrogens is 5. The highest BCUT2D eigenvalue weighted by molar-refractivity contribution is 7.98. The fourth-order valence-electron chi connectivity index (χ4n) is 3.68. The Kier molecular flexibility index (Phi) is 6.24. The normalized spacial score (nSPS) is 16.7. The lowest BCUT2D eigenvalue weighted by Gasteiger charge is -2.31.